The average Bonchev–Trinajstić information content (AvgIpc) is 2.01. The van der Waals surface area contributed by atoms with Crippen LogP contribution in [-0.4, -0.2) is 30.8 Å². The van der Waals surface area contributed by atoms with Crippen LogP contribution in [0.4, 0.5) is 0 Å². The largest absolute Gasteiger partial charge is 0.396 e. The van der Waals surface area contributed by atoms with Gasteiger partial charge in [0, 0.05) is 19.2 Å². The van der Waals surface area contributed by atoms with Gasteiger partial charge in [-0.05, 0) is 25.8 Å². The molecule has 0 radical (unpaired) electrons. The molecule has 0 aliphatic heterocycles. The van der Waals surface area contributed by atoms with Crippen LogP contribution in [0.3, 0.4) is 0 Å². The molecule has 2 unspecified atom stereocenters. The fourth-order valence-electron chi connectivity index (χ4n) is 0.808. The lowest BCUT2D eigenvalue weighted by molar-refractivity contribution is 0.258. The first-order valence-electron chi connectivity index (χ1n) is 4.25. The Morgan fingerprint density at radius 2 is 2.09 bits per heavy atom. The molecule has 68 valence electrons. The van der Waals surface area contributed by atoms with E-state index in [2.05, 4.69) is 19.2 Å². The van der Waals surface area contributed by atoms with Gasteiger partial charge in [-0.2, -0.15) is 0 Å². The highest BCUT2D eigenvalue weighted by Gasteiger charge is 2.02. The zero-order chi connectivity index (χ0) is 8.69. The summed E-state index contributed by atoms with van der Waals surface area (Å²) >= 11 is 0. The van der Waals surface area contributed by atoms with Crippen LogP contribution in [0.5, 0.6) is 0 Å². The Morgan fingerprint density at radius 1 is 1.45 bits per heavy atom. The molecule has 0 aromatic carbocycles. The topological polar surface area (TPSA) is 58.3 Å². The summed E-state index contributed by atoms with van der Waals surface area (Å²) in [6.45, 7) is 6.07. The Bertz CT molecular complexity index is 88.2. The Hall–Kier alpha value is -0.120. The van der Waals surface area contributed by atoms with Crippen LogP contribution in [-0.2, 0) is 0 Å². The first kappa shape index (κ1) is 10.9. The van der Waals surface area contributed by atoms with Crippen LogP contribution in [0.1, 0.15) is 20.3 Å². The summed E-state index contributed by atoms with van der Waals surface area (Å²) in [7, 11) is 0. The van der Waals surface area contributed by atoms with Gasteiger partial charge >= 0.3 is 0 Å². The van der Waals surface area contributed by atoms with Gasteiger partial charge in [0.2, 0.25) is 0 Å². The van der Waals surface area contributed by atoms with Crippen molar-refractivity contribution < 1.29 is 5.11 Å². The number of aliphatic hydroxyl groups excluding tert-OH is 1. The molecule has 11 heavy (non-hydrogen) atoms. The number of nitrogens with one attached hydrogen (secondary N) is 1. The molecule has 0 aromatic rings. The SMILES string of the molecule is CC(CCO)CNC(C)CN. The summed E-state index contributed by atoms with van der Waals surface area (Å²) in [5.74, 6) is 0.536. The first-order chi connectivity index (χ1) is 5.20. The Morgan fingerprint density at radius 3 is 2.55 bits per heavy atom. The molecule has 0 aliphatic rings. The van der Waals surface area contributed by atoms with Gasteiger partial charge in [0.1, 0.15) is 0 Å². The molecular weight excluding hydrogens is 140 g/mol. The smallest absolute Gasteiger partial charge is 0.0434 e. The molecule has 0 saturated carbocycles. The standard InChI is InChI=1S/C8H20N2O/c1-7(3-4-11)6-10-8(2)5-9/h7-8,10-11H,3-6,9H2,1-2H3. The molecule has 0 aromatic heterocycles. The molecule has 2 atom stereocenters. The van der Waals surface area contributed by atoms with E-state index in [1.54, 1.807) is 0 Å². The van der Waals surface area contributed by atoms with Crippen molar-refractivity contribution in [1.29, 1.82) is 0 Å². The Balaban J connectivity index is 3.22. The van der Waals surface area contributed by atoms with Gasteiger partial charge in [0.25, 0.3) is 0 Å². The van der Waals surface area contributed by atoms with Crippen LogP contribution in [0, 0.1) is 5.92 Å². The third-order valence-electron chi connectivity index (χ3n) is 1.79. The minimum absolute atomic E-state index is 0.278. The van der Waals surface area contributed by atoms with E-state index in [4.69, 9.17) is 10.8 Å². The Kier molecular flexibility index (Phi) is 6.51. The highest BCUT2D eigenvalue weighted by Crippen LogP contribution is 1.98. The van der Waals surface area contributed by atoms with E-state index in [-0.39, 0.29) is 6.61 Å². The van der Waals surface area contributed by atoms with E-state index in [9.17, 15) is 0 Å². The third kappa shape index (κ3) is 6.28. The maximum absolute atomic E-state index is 8.61. The predicted octanol–water partition coefficient (Wildman–Crippen LogP) is -0.0583. The average molecular weight is 160 g/mol. The molecule has 0 spiro atoms. The number of hydrogen-bond acceptors (Lipinski definition) is 3. The van der Waals surface area contributed by atoms with Crippen molar-refractivity contribution in [3.63, 3.8) is 0 Å². The van der Waals surface area contributed by atoms with Crippen LogP contribution >= 0.6 is 0 Å². The van der Waals surface area contributed by atoms with Crippen molar-refractivity contribution in [3.05, 3.63) is 0 Å². The second-order valence-electron chi connectivity index (χ2n) is 3.16. The number of hydrogen-bond donors (Lipinski definition) is 3. The molecule has 0 rings (SSSR count). The van der Waals surface area contributed by atoms with Gasteiger partial charge in [-0.25, -0.2) is 0 Å². The molecule has 3 heteroatoms. The van der Waals surface area contributed by atoms with E-state index >= 15 is 0 Å². The van der Waals surface area contributed by atoms with Gasteiger partial charge in [-0.1, -0.05) is 6.92 Å². The number of rotatable bonds is 6. The summed E-state index contributed by atoms with van der Waals surface area (Å²) in [5.41, 5.74) is 5.42. The van der Waals surface area contributed by atoms with Gasteiger partial charge < -0.3 is 16.2 Å². The lowest BCUT2D eigenvalue weighted by atomic mass is 10.1. The molecular formula is C8H20N2O. The molecule has 4 N–H and O–H groups in total. The monoisotopic (exact) mass is 160 g/mol. The van der Waals surface area contributed by atoms with Gasteiger partial charge in [0.05, 0.1) is 0 Å². The summed E-state index contributed by atoms with van der Waals surface area (Å²) < 4.78 is 0. The molecule has 0 bridgehead atoms. The van der Waals surface area contributed by atoms with Crippen LogP contribution in [0.15, 0.2) is 0 Å². The summed E-state index contributed by atoms with van der Waals surface area (Å²) in [6, 6.07) is 0.385. The quantitative estimate of drug-likeness (QED) is 0.510. The first-order valence-corrected chi connectivity index (χ1v) is 4.25. The summed E-state index contributed by atoms with van der Waals surface area (Å²) in [5, 5.41) is 11.9. The zero-order valence-corrected chi connectivity index (χ0v) is 7.51. The molecule has 0 saturated heterocycles. The van der Waals surface area contributed by atoms with E-state index < -0.39 is 0 Å². The molecule has 0 fully saturated rings. The van der Waals surface area contributed by atoms with E-state index in [0.29, 0.717) is 18.5 Å². The molecule has 3 nitrogen and oxygen atoms in total. The normalized spacial score (nSPS) is 16.4. The fourth-order valence-corrected chi connectivity index (χ4v) is 0.808. The molecule has 0 amide bonds. The summed E-state index contributed by atoms with van der Waals surface area (Å²) in [6.07, 6.45) is 0.865. The van der Waals surface area contributed by atoms with Crippen molar-refractivity contribution in [2.75, 3.05) is 19.7 Å². The second-order valence-corrected chi connectivity index (χ2v) is 3.16. The van der Waals surface area contributed by atoms with E-state index in [1.807, 2.05) is 0 Å². The lowest BCUT2D eigenvalue weighted by Crippen LogP contribution is -2.36. The highest BCUT2D eigenvalue weighted by molar-refractivity contribution is 4.63. The van der Waals surface area contributed by atoms with Crippen LogP contribution in [0.2, 0.25) is 0 Å². The van der Waals surface area contributed by atoms with Gasteiger partial charge in [0.15, 0.2) is 0 Å². The van der Waals surface area contributed by atoms with Crippen molar-refractivity contribution in [2.24, 2.45) is 11.7 Å². The predicted molar refractivity (Wildman–Crippen MR) is 47.4 cm³/mol. The number of nitrogens with two attached hydrogens (primary N) is 1. The van der Waals surface area contributed by atoms with Gasteiger partial charge in [-0.3, -0.25) is 0 Å². The highest BCUT2D eigenvalue weighted by atomic mass is 16.3. The number of aliphatic hydroxyl groups is 1. The van der Waals surface area contributed by atoms with E-state index in [0.717, 1.165) is 13.0 Å². The third-order valence-corrected chi connectivity index (χ3v) is 1.79. The van der Waals surface area contributed by atoms with Crippen molar-refractivity contribution in [1.82, 2.24) is 5.32 Å². The minimum atomic E-state index is 0.278. The van der Waals surface area contributed by atoms with Crippen LogP contribution in [0.25, 0.3) is 0 Å². The lowest BCUT2D eigenvalue weighted by Gasteiger charge is -2.15. The van der Waals surface area contributed by atoms with Gasteiger partial charge in [-0.15, -0.1) is 0 Å². The van der Waals surface area contributed by atoms with E-state index in [1.165, 1.54) is 0 Å². The minimum Gasteiger partial charge on any atom is -0.396 e. The molecule has 0 aliphatic carbocycles. The van der Waals surface area contributed by atoms with Crippen molar-refractivity contribution in [3.8, 4) is 0 Å². The Labute approximate surface area is 69.0 Å². The maximum atomic E-state index is 8.61. The zero-order valence-electron chi connectivity index (χ0n) is 7.51. The maximum Gasteiger partial charge on any atom is 0.0434 e. The summed E-state index contributed by atoms with van der Waals surface area (Å²) in [4.78, 5) is 0. The van der Waals surface area contributed by atoms with Crippen molar-refractivity contribution in [2.45, 2.75) is 26.3 Å². The second kappa shape index (κ2) is 6.58. The van der Waals surface area contributed by atoms with Crippen molar-refractivity contribution >= 4 is 0 Å². The van der Waals surface area contributed by atoms with Crippen LogP contribution < -0.4 is 11.1 Å². The fraction of sp³-hybridized carbons (Fsp3) is 1.00. The molecule has 0 heterocycles.